The van der Waals surface area contributed by atoms with E-state index in [2.05, 4.69) is 5.32 Å². The Kier molecular flexibility index (Phi) is 7.39. The number of carbonyl (C=O) groups excluding carboxylic acids is 2. The molecule has 1 atom stereocenters. The molecule has 2 aromatic rings. The van der Waals surface area contributed by atoms with Crippen molar-refractivity contribution in [2.75, 3.05) is 6.54 Å². The summed E-state index contributed by atoms with van der Waals surface area (Å²) in [5.74, 6) is -0.156. The molecule has 138 valence electrons. The van der Waals surface area contributed by atoms with Crippen molar-refractivity contribution in [2.45, 2.75) is 46.2 Å². The van der Waals surface area contributed by atoms with Gasteiger partial charge in [0.15, 0.2) is 0 Å². The average Bonchev–Trinajstić information content (AvgIpc) is 2.65. The van der Waals surface area contributed by atoms with E-state index in [0.717, 1.165) is 17.5 Å². The zero-order valence-corrected chi connectivity index (χ0v) is 15.9. The summed E-state index contributed by atoms with van der Waals surface area (Å²) in [6.07, 6.45) is 1.16. The molecule has 0 aliphatic rings. The average molecular weight is 352 g/mol. The highest BCUT2D eigenvalue weighted by atomic mass is 16.2. The predicted molar refractivity (Wildman–Crippen MR) is 105 cm³/mol. The second-order valence-electron chi connectivity index (χ2n) is 6.64. The van der Waals surface area contributed by atoms with E-state index in [0.29, 0.717) is 13.1 Å². The molecule has 0 fully saturated rings. The van der Waals surface area contributed by atoms with Gasteiger partial charge in [-0.2, -0.15) is 0 Å². The van der Waals surface area contributed by atoms with Gasteiger partial charge in [0.25, 0.3) is 0 Å². The number of rotatable bonds is 8. The second kappa shape index (κ2) is 9.76. The molecule has 0 saturated heterocycles. The standard InChI is InChI=1S/C22H28N2O2/c1-4-14-23-22(26)18(3)24(16-20-12-10-17(2)11-13-20)21(25)15-19-8-6-5-7-9-19/h5-13,18H,4,14-16H2,1-3H3,(H,23,26)/t18-/m0/s1. The zero-order chi connectivity index (χ0) is 18.9. The number of amides is 2. The summed E-state index contributed by atoms with van der Waals surface area (Å²) in [4.78, 5) is 27.1. The van der Waals surface area contributed by atoms with Gasteiger partial charge in [-0.05, 0) is 31.4 Å². The van der Waals surface area contributed by atoms with E-state index in [1.807, 2.05) is 68.4 Å². The van der Waals surface area contributed by atoms with E-state index in [9.17, 15) is 9.59 Å². The summed E-state index contributed by atoms with van der Waals surface area (Å²) in [5, 5.41) is 2.89. The van der Waals surface area contributed by atoms with Crippen LogP contribution >= 0.6 is 0 Å². The molecule has 0 aliphatic heterocycles. The third kappa shape index (κ3) is 5.73. The van der Waals surface area contributed by atoms with Gasteiger partial charge in [-0.25, -0.2) is 0 Å². The number of carbonyl (C=O) groups is 2. The first-order valence-corrected chi connectivity index (χ1v) is 9.18. The quantitative estimate of drug-likeness (QED) is 0.791. The summed E-state index contributed by atoms with van der Waals surface area (Å²) in [5.41, 5.74) is 3.14. The number of hydrogen-bond acceptors (Lipinski definition) is 2. The van der Waals surface area contributed by atoms with Crippen molar-refractivity contribution >= 4 is 11.8 Å². The van der Waals surface area contributed by atoms with Gasteiger partial charge in [0.2, 0.25) is 11.8 Å². The van der Waals surface area contributed by atoms with Crippen LogP contribution in [0.2, 0.25) is 0 Å². The maximum atomic E-state index is 12.9. The lowest BCUT2D eigenvalue weighted by Crippen LogP contribution is -2.48. The molecule has 0 aliphatic carbocycles. The summed E-state index contributed by atoms with van der Waals surface area (Å²) in [6, 6.07) is 17.2. The first kappa shape index (κ1) is 19.7. The summed E-state index contributed by atoms with van der Waals surface area (Å²) in [6.45, 7) is 6.88. The fraction of sp³-hybridized carbons (Fsp3) is 0.364. The van der Waals surface area contributed by atoms with Crippen LogP contribution in [0.5, 0.6) is 0 Å². The van der Waals surface area contributed by atoms with Gasteiger partial charge >= 0.3 is 0 Å². The van der Waals surface area contributed by atoms with Crippen LogP contribution < -0.4 is 5.32 Å². The lowest BCUT2D eigenvalue weighted by atomic mass is 10.1. The van der Waals surface area contributed by atoms with Crippen LogP contribution in [-0.2, 0) is 22.6 Å². The number of nitrogens with one attached hydrogen (secondary N) is 1. The van der Waals surface area contributed by atoms with Gasteiger partial charge in [-0.3, -0.25) is 9.59 Å². The Bertz CT molecular complexity index is 711. The minimum absolute atomic E-state index is 0.0454. The Hall–Kier alpha value is -2.62. The fourth-order valence-electron chi connectivity index (χ4n) is 2.74. The van der Waals surface area contributed by atoms with Crippen LogP contribution in [0.3, 0.4) is 0 Å². The van der Waals surface area contributed by atoms with Crippen molar-refractivity contribution in [1.29, 1.82) is 0 Å². The van der Waals surface area contributed by atoms with Crippen molar-refractivity contribution in [1.82, 2.24) is 10.2 Å². The lowest BCUT2D eigenvalue weighted by molar-refractivity contribution is -0.140. The molecular weight excluding hydrogens is 324 g/mol. The molecule has 4 heteroatoms. The lowest BCUT2D eigenvalue weighted by Gasteiger charge is -2.29. The molecule has 0 bridgehead atoms. The molecule has 26 heavy (non-hydrogen) atoms. The van der Waals surface area contributed by atoms with Crippen LogP contribution in [0.4, 0.5) is 0 Å². The Morgan fingerprint density at radius 2 is 1.65 bits per heavy atom. The summed E-state index contributed by atoms with van der Waals surface area (Å²) < 4.78 is 0. The molecule has 2 aromatic carbocycles. The third-order valence-corrected chi connectivity index (χ3v) is 4.39. The largest absolute Gasteiger partial charge is 0.354 e. The van der Waals surface area contributed by atoms with Gasteiger partial charge in [0.1, 0.15) is 6.04 Å². The first-order chi connectivity index (χ1) is 12.5. The van der Waals surface area contributed by atoms with E-state index in [-0.39, 0.29) is 18.2 Å². The highest BCUT2D eigenvalue weighted by molar-refractivity contribution is 5.88. The minimum atomic E-state index is -0.515. The topological polar surface area (TPSA) is 49.4 Å². The number of benzene rings is 2. The van der Waals surface area contributed by atoms with Crippen LogP contribution in [-0.4, -0.2) is 29.3 Å². The van der Waals surface area contributed by atoms with E-state index in [4.69, 9.17) is 0 Å². The van der Waals surface area contributed by atoms with E-state index < -0.39 is 6.04 Å². The molecule has 0 unspecified atom stereocenters. The van der Waals surface area contributed by atoms with E-state index >= 15 is 0 Å². The van der Waals surface area contributed by atoms with Crippen molar-refractivity contribution in [3.8, 4) is 0 Å². The molecule has 1 N–H and O–H groups in total. The van der Waals surface area contributed by atoms with Gasteiger partial charge < -0.3 is 10.2 Å². The van der Waals surface area contributed by atoms with Crippen molar-refractivity contribution < 1.29 is 9.59 Å². The Morgan fingerprint density at radius 1 is 1.00 bits per heavy atom. The van der Waals surface area contributed by atoms with Crippen LogP contribution in [0.25, 0.3) is 0 Å². The fourth-order valence-corrected chi connectivity index (χ4v) is 2.74. The normalized spacial score (nSPS) is 11.7. The molecule has 2 rings (SSSR count). The maximum absolute atomic E-state index is 12.9. The third-order valence-electron chi connectivity index (χ3n) is 4.39. The van der Waals surface area contributed by atoms with Gasteiger partial charge in [-0.1, -0.05) is 67.1 Å². The predicted octanol–water partition coefficient (Wildman–Crippen LogP) is 3.48. The number of aryl methyl sites for hydroxylation is 1. The van der Waals surface area contributed by atoms with Crippen LogP contribution in [0.1, 0.15) is 37.0 Å². The molecule has 0 radical (unpaired) electrons. The molecule has 0 saturated carbocycles. The smallest absolute Gasteiger partial charge is 0.242 e. The molecule has 0 aromatic heterocycles. The Balaban J connectivity index is 2.17. The van der Waals surface area contributed by atoms with Crippen molar-refractivity contribution in [3.63, 3.8) is 0 Å². The first-order valence-electron chi connectivity index (χ1n) is 9.18. The van der Waals surface area contributed by atoms with Gasteiger partial charge in [0.05, 0.1) is 6.42 Å². The maximum Gasteiger partial charge on any atom is 0.242 e. The molecule has 0 spiro atoms. The zero-order valence-electron chi connectivity index (χ0n) is 15.9. The number of nitrogens with zero attached hydrogens (tertiary/aromatic N) is 1. The Labute approximate surface area is 156 Å². The van der Waals surface area contributed by atoms with Crippen molar-refractivity contribution in [3.05, 3.63) is 71.3 Å². The van der Waals surface area contributed by atoms with E-state index in [1.165, 1.54) is 5.56 Å². The second-order valence-corrected chi connectivity index (χ2v) is 6.64. The summed E-state index contributed by atoms with van der Waals surface area (Å²) >= 11 is 0. The van der Waals surface area contributed by atoms with Crippen LogP contribution in [0.15, 0.2) is 54.6 Å². The highest BCUT2D eigenvalue weighted by Crippen LogP contribution is 2.13. The minimum Gasteiger partial charge on any atom is -0.354 e. The number of hydrogen-bond donors (Lipinski definition) is 1. The molecule has 0 heterocycles. The molecular formula is C22H28N2O2. The van der Waals surface area contributed by atoms with Gasteiger partial charge in [-0.15, -0.1) is 0 Å². The van der Waals surface area contributed by atoms with Crippen LogP contribution in [0, 0.1) is 6.92 Å². The van der Waals surface area contributed by atoms with Crippen molar-refractivity contribution in [2.24, 2.45) is 0 Å². The SMILES string of the molecule is CCCNC(=O)[C@H](C)N(Cc1ccc(C)cc1)C(=O)Cc1ccccc1. The summed E-state index contributed by atoms with van der Waals surface area (Å²) in [7, 11) is 0. The van der Waals surface area contributed by atoms with E-state index in [1.54, 1.807) is 11.8 Å². The Morgan fingerprint density at radius 3 is 2.27 bits per heavy atom. The molecule has 2 amide bonds. The van der Waals surface area contributed by atoms with Gasteiger partial charge in [0, 0.05) is 13.1 Å². The highest BCUT2D eigenvalue weighted by Gasteiger charge is 2.25. The monoisotopic (exact) mass is 352 g/mol. The molecule has 4 nitrogen and oxygen atoms in total.